The summed E-state index contributed by atoms with van der Waals surface area (Å²) in [6.45, 7) is 7.20. The van der Waals surface area contributed by atoms with Crippen molar-refractivity contribution >= 4 is 5.78 Å². The molecule has 0 spiro atoms. The van der Waals surface area contributed by atoms with Gasteiger partial charge >= 0.3 is 0 Å². The second kappa shape index (κ2) is 10.2. The predicted molar refractivity (Wildman–Crippen MR) is 108 cm³/mol. The molecule has 0 unspecified atom stereocenters. The number of aliphatic hydroxyl groups is 1. The second-order valence-electron chi connectivity index (χ2n) is 7.65. The molecule has 146 valence electrons. The number of carbonyl (C=O) groups is 1. The molecule has 4 nitrogen and oxygen atoms in total. The summed E-state index contributed by atoms with van der Waals surface area (Å²) >= 11 is 0. The Morgan fingerprint density at radius 2 is 1.78 bits per heavy atom. The highest BCUT2D eigenvalue weighted by atomic mass is 16.5. The lowest BCUT2D eigenvalue weighted by Crippen LogP contribution is -2.96. The Kier molecular flexibility index (Phi) is 8.01. The van der Waals surface area contributed by atoms with E-state index < -0.39 is 6.10 Å². The number of aliphatic hydroxyl groups excluding tert-OH is 1. The normalized spacial score (nSPS) is 12.6. The fourth-order valence-corrected chi connectivity index (χ4v) is 2.71. The maximum Gasteiger partial charge on any atom is 0.166 e. The van der Waals surface area contributed by atoms with Crippen molar-refractivity contribution in [3.8, 4) is 5.75 Å². The number of carbonyl (C=O) groups excluding carboxylic acids is 1. The summed E-state index contributed by atoms with van der Waals surface area (Å²) in [5, 5.41) is 12.3. The van der Waals surface area contributed by atoms with E-state index in [2.05, 4.69) is 26.1 Å². The third-order valence-electron chi connectivity index (χ3n) is 4.96. The molecule has 0 aliphatic rings. The first-order valence-corrected chi connectivity index (χ1v) is 9.72. The Morgan fingerprint density at radius 1 is 1.11 bits per heavy atom. The second-order valence-corrected chi connectivity index (χ2v) is 7.65. The number of para-hydroxylation sites is 1. The van der Waals surface area contributed by atoms with Gasteiger partial charge in [-0.1, -0.05) is 49.4 Å². The highest BCUT2D eigenvalue weighted by molar-refractivity contribution is 5.98. The van der Waals surface area contributed by atoms with Crippen LogP contribution in [-0.4, -0.2) is 35.7 Å². The van der Waals surface area contributed by atoms with E-state index in [1.54, 1.807) is 12.1 Å². The zero-order valence-electron chi connectivity index (χ0n) is 16.7. The smallest absolute Gasteiger partial charge is 0.166 e. The van der Waals surface area contributed by atoms with Gasteiger partial charge in [0.25, 0.3) is 0 Å². The molecule has 0 fully saturated rings. The first-order chi connectivity index (χ1) is 12.9. The van der Waals surface area contributed by atoms with Gasteiger partial charge in [-0.2, -0.15) is 0 Å². The fraction of sp³-hybridized carbons (Fsp3) is 0.435. The van der Waals surface area contributed by atoms with Crippen LogP contribution in [0.25, 0.3) is 0 Å². The summed E-state index contributed by atoms with van der Waals surface area (Å²) in [5.74, 6) is 0.604. The number of ketones is 1. The number of hydrogen-bond acceptors (Lipinski definition) is 3. The van der Waals surface area contributed by atoms with Crippen LogP contribution in [0, 0.1) is 0 Å². The van der Waals surface area contributed by atoms with Crippen molar-refractivity contribution in [3.05, 3.63) is 65.7 Å². The lowest BCUT2D eigenvalue weighted by Gasteiger charge is -2.22. The number of benzene rings is 2. The highest BCUT2D eigenvalue weighted by Crippen LogP contribution is 2.20. The molecule has 1 atom stereocenters. The van der Waals surface area contributed by atoms with Gasteiger partial charge in [-0.25, -0.2) is 0 Å². The minimum Gasteiger partial charge on any atom is -0.490 e. The van der Waals surface area contributed by atoms with Gasteiger partial charge < -0.3 is 15.2 Å². The molecule has 0 saturated heterocycles. The number of ether oxygens (including phenoxy) is 1. The Bertz CT molecular complexity index is 713. The van der Waals surface area contributed by atoms with E-state index in [-0.39, 0.29) is 17.9 Å². The number of Topliss-reactive ketones (excluding diaryl/α,β-unsaturated/α-hetero) is 1. The standard InChI is InChI=1S/C23H31NO3/c1-4-23(2,3)24-16-19(25)17-27-22-13-9-8-12-20(22)21(26)15-14-18-10-6-5-7-11-18/h5-13,19,24-25H,4,14-17H2,1-3H3/p+1/t19-/m0/s1. The van der Waals surface area contributed by atoms with Crippen molar-refractivity contribution in [1.29, 1.82) is 0 Å². The lowest BCUT2D eigenvalue weighted by molar-refractivity contribution is -0.725. The van der Waals surface area contributed by atoms with E-state index in [0.29, 0.717) is 30.7 Å². The molecule has 0 heterocycles. The van der Waals surface area contributed by atoms with Crippen LogP contribution < -0.4 is 10.1 Å². The predicted octanol–water partition coefficient (Wildman–Crippen LogP) is 2.99. The molecule has 0 bridgehead atoms. The molecule has 0 aliphatic heterocycles. The van der Waals surface area contributed by atoms with Gasteiger partial charge in [0.15, 0.2) is 5.78 Å². The summed E-state index contributed by atoms with van der Waals surface area (Å²) in [6.07, 6.45) is 1.59. The Hall–Kier alpha value is -2.17. The van der Waals surface area contributed by atoms with Crippen LogP contribution in [0.1, 0.15) is 49.5 Å². The Morgan fingerprint density at radius 3 is 2.48 bits per heavy atom. The van der Waals surface area contributed by atoms with Gasteiger partial charge in [0.05, 0.1) is 11.1 Å². The maximum atomic E-state index is 12.6. The molecule has 2 aromatic rings. The molecule has 4 heteroatoms. The zero-order valence-corrected chi connectivity index (χ0v) is 16.7. The van der Waals surface area contributed by atoms with Gasteiger partial charge in [0, 0.05) is 6.42 Å². The summed E-state index contributed by atoms with van der Waals surface area (Å²) in [6, 6.07) is 17.3. The largest absolute Gasteiger partial charge is 0.490 e. The quantitative estimate of drug-likeness (QED) is 0.598. The minimum atomic E-state index is -0.580. The third kappa shape index (κ3) is 7.16. The Labute approximate surface area is 162 Å². The van der Waals surface area contributed by atoms with Gasteiger partial charge in [-0.05, 0) is 44.4 Å². The minimum absolute atomic E-state index is 0.0580. The molecule has 3 N–H and O–H groups in total. The van der Waals surface area contributed by atoms with Crippen LogP contribution in [0.2, 0.25) is 0 Å². The van der Waals surface area contributed by atoms with Gasteiger partial charge in [0.2, 0.25) is 0 Å². The molecule has 0 radical (unpaired) electrons. The van der Waals surface area contributed by atoms with Crippen LogP contribution >= 0.6 is 0 Å². The number of aryl methyl sites for hydroxylation is 1. The average molecular weight is 371 g/mol. The molecule has 2 rings (SSSR count). The van der Waals surface area contributed by atoms with Gasteiger partial charge in [-0.15, -0.1) is 0 Å². The first kappa shape index (κ1) is 21.1. The monoisotopic (exact) mass is 370 g/mol. The number of nitrogens with two attached hydrogens (primary N) is 1. The van der Waals surface area contributed by atoms with Crippen molar-refractivity contribution in [2.75, 3.05) is 13.2 Å². The number of quaternary nitrogens is 1. The number of rotatable bonds is 11. The molecule has 0 amide bonds. The van der Waals surface area contributed by atoms with E-state index in [0.717, 1.165) is 12.0 Å². The topological polar surface area (TPSA) is 63.1 Å². The fourth-order valence-electron chi connectivity index (χ4n) is 2.71. The van der Waals surface area contributed by atoms with Crippen molar-refractivity contribution < 1.29 is 20.0 Å². The number of hydrogen-bond donors (Lipinski definition) is 2. The van der Waals surface area contributed by atoms with Crippen LogP contribution in [0.3, 0.4) is 0 Å². The van der Waals surface area contributed by atoms with Crippen LogP contribution in [0.4, 0.5) is 0 Å². The lowest BCUT2D eigenvalue weighted by atomic mass is 10.0. The highest BCUT2D eigenvalue weighted by Gasteiger charge is 2.21. The van der Waals surface area contributed by atoms with Gasteiger partial charge in [-0.3, -0.25) is 4.79 Å². The molecular weight excluding hydrogens is 338 g/mol. The Balaban J connectivity index is 1.89. The van der Waals surface area contributed by atoms with Crippen LogP contribution in [-0.2, 0) is 6.42 Å². The summed E-state index contributed by atoms with van der Waals surface area (Å²) in [5.41, 5.74) is 1.83. The molecule has 0 aromatic heterocycles. The molecule has 0 saturated carbocycles. The van der Waals surface area contributed by atoms with Crippen LogP contribution in [0.15, 0.2) is 54.6 Å². The van der Waals surface area contributed by atoms with Gasteiger partial charge in [0.1, 0.15) is 25.0 Å². The summed E-state index contributed by atoms with van der Waals surface area (Å²) in [7, 11) is 0. The van der Waals surface area contributed by atoms with Crippen molar-refractivity contribution in [2.24, 2.45) is 0 Å². The summed E-state index contributed by atoms with van der Waals surface area (Å²) in [4.78, 5) is 12.6. The van der Waals surface area contributed by atoms with E-state index in [9.17, 15) is 9.90 Å². The molecule has 2 aromatic carbocycles. The third-order valence-corrected chi connectivity index (χ3v) is 4.96. The van der Waals surface area contributed by atoms with E-state index >= 15 is 0 Å². The molecule has 0 aliphatic carbocycles. The maximum absolute atomic E-state index is 12.6. The average Bonchev–Trinajstić information content (AvgIpc) is 2.70. The van der Waals surface area contributed by atoms with E-state index in [1.807, 2.05) is 42.5 Å². The van der Waals surface area contributed by atoms with E-state index in [1.165, 1.54) is 0 Å². The van der Waals surface area contributed by atoms with Crippen molar-refractivity contribution in [2.45, 2.75) is 51.7 Å². The molecular formula is C23H32NO3+. The van der Waals surface area contributed by atoms with E-state index in [4.69, 9.17) is 4.74 Å². The van der Waals surface area contributed by atoms with Crippen LogP contribution in [0.5, 0.6) is 5.75 Å². The van der Waals surface area contributed by atoms with Crippen molar-refractivity contribution in [3.63, 3.8) is 0 Å². The molecule has 27 heavy (non-hydrogen) atoms. The SMILES string of the molecule is CCC(C)(C)[NH2+]C[C@H](O)COc1ccccc1C(=O)CCc1ccccc1. The summed E-state index contributed by atoms with van der Waals surface area (Å²) < 4.78 is 5.78. The zero-order chi connectivity index (χ0) is 19.7. The van der Waals surface area contributed by atoms with Crippen molar-refractivity contribution in [1.82, 2.24) is 0 Å². The first-order valence-electron chi connectivity index (χ1n) is 9.72.